The predicted octanol–water partition coefficient (Wildman–Crippen LogP) is 5.17. The fourth-order valence-electron chi connectivity index (χ4n) is 3.38. The minimum absolute atomic E-state index is 0.0638. The van der Waals surface area contributed by atoms with Gasteiger partial charge in [-0.15, -0.1) is 10.2 Å². The van der Waals surface area contributed by atoms with E-state index in [9.17, 15) is 4.79 Å². The summed E-state index contributed by atoms with van der Waals surface area (Å²) >= 11 is 1.36. The maximum Gasteiger partial charge on any atom is 0.234 e. The van der Waals surface area contributed by atoms with E-state index in [2.05, 4.69) is 60.6 Å². The third-order valence-corrected chi connectivity index (χ3v) is 6.13. The molecule has 0 radical (unpaired) electrons. The van der Waals surface area contributed by atoms with Crippen LogP contribution in [-0.4, -0.2) is 26.4 Å². The minimum atomic E-state index is -0.0638. The van der Waals surface area contributed by atoms with Crippen LogP contribution in [0.4, 0.5) is 5.69 Å². The topological polar surface area (TPSA) is 69.0 Å². The smallest absolute Gasteiger partial charge is 0.234 e. The molecule has 1 N–H and O–H groups in total. The normalized spacial score (nSPS) is 11.1. The number of thioether (sulfide) groups is 1. The summed E-state index contributed by atoms with van der Waals surface area (Å²) in [4.78, 5) is 12.5. The molecule has 0 unspecified atom stereocenters. The van der Waals surface area contributed by atoms with E-state index in [0.717, 1.165) is 22.6 Å². The Morgan fingerprint density at radius 1 is 1.10 bits per heavy atom. The van der Waals surface area contributed by atoms with Gasteiger partial charge in [-0.2, -0.15) is 0 Å². The van der Waals surface area contributed by atoms with E-state index in [1.165, 1.54) is 22.9 Å². The van der Waals surface area contributed by atoms with Crippen molar-refractivity contribution in [1.82, 2.24) is 14.8 Å². The number of carbonyl (C=O) groups is 1. The first-order chi connectivity index (χ1) is 14.7. The summed E-state index contributed by atoms with van der Waals surface area (Å²) in [6.45, 7) is 10.7. The molecular formula is C24H30N4O2S. The number of nitrogens with zero attached hydrogens (tertiary/aromatic N) is 3. The molecular weight excluding hydrogens is 408 g/mol. The van der Waals surface area contributed by atoms with Crippen LogP contribution in [0.2, 0.25) is 0 Å². The quantitative estimate of drug-likeness (QED) is 0.491. The van der Waals surface area contributed by atoms with E-state index >= 15 is 0 Å². The van der Waals surface area contributed by atoms with Crippen LogP contribution in [0.1, 0.15) is 47.8 Å². The van der Waals surface area contributed by atoms with Gasteiger partial charge in [0.2, 0.25) is 5.91 Å². The van der Waals surface area contributed by atoms with Crippen LogP contribution < -0.4 is 10.1 Å². The number of benzene rings is 2. The molecule has 0 spiro atoms. The van der Waals surface area contributed by atoms with Crippen molar-refractivity contribution >= 4 is 23.4 Å². The molecule has 1 aromatic heterocycles. The average Bonchev–Trinajstić information content (AvgIpc) is 3.07. The van der Waals surface area contributed by atoms with Gasteiger partial charge < -0.3 is 14.6 Å². The zero-order chi connectivity index (χ0) is 22.5. The fourth-order valence-corrected chi connectivity index (χ4v) is 4.11. The lowest BCUT2D eigenvalue weighted by Crippen LogP contribution is -2.16. The van der Waals surface area contributed by atoms with Crippen LogP contribution in [0, 0.1) is 20.8 Å². The number of ether oxygens (including phenoxy) is 1. The van der Waals surface area contributed by atoms with Crippen molar-refractivity contribution in [3.63, 3.8) is 0 Å². The van der Waals surface area contributed by atoms with Crippen molar-refractivity contribution in [2.75, 3.05) is 11.1 Å². The molecule has 0 aliphatic carbocycles. The summed E-state index contributed by atoms with van der Waals surface area (Å²) in [5.74, 6) is 2.19. The Bertz CT molecular complexity index is 1030. The number of aromatic nitrogens is 3. The molecule has 0 aliphatic rings. The molecule has 0 aliphatic heterocycles. The third-order valence-electron chi connectivity index (χ3n) is 5.11. The third kappa shape index (κ3) is 5.88. The molecule has 3 rings (SSSR count). The Hall–Kier alpha value is -2.80. The lowest BCUT2D eigenvalue weighted by molar-refractivity contribution is -0.113. The maximum atomic E-state index is 12.5. The number of carbonyl (C=O) groups excluding carboxylic acids is 1. The second kappa shape index (κ2) is 10.0. The molecule has 0 atom stereocenters. The average molecular weight is 439 g/mol. The minimum Gasteiger partial charge on any atom is -0.486 e. The number of aryl methyl sites for hydroxylation is 3. The van der Waals surface area contributed by atoms with Crippen molar-refractivity contribution in [2.45, 2.75) is 52.3 Å². The van der Waals surface area contributed by atoms with Crippen LogP contribution in [0.25, 0.3) is 0 Å². The summed E-state index contributed by atoms with van der Waals surface area (Å²) < 4.78 is 7.71. The molecule has 0 fully saturated rings. The summed E-state index contributed by atoms with van der Waals surface area (Å²) in [5.41, 5.74) is 5.48. The number of anilines is 1. The highest BCUT2D eigenvalue weighted by Crippen LogP contribution is 2.23. The standard InChI is InChI=1S/C24H30N4O2S/c1-15(2)19-7-9-20(10-8-19)30-13-21-26-27-24(28(21)6)31-14-22(29)25-23-17(4)11-16(3)12-18(23)5/h7-12,15H,13-14H2,1-6H3,(H,25,29). The van der Waals surface area contributed by atoms with Gasteiger partial charge in [-0.05, 0) is 55.5 Å². The largest absolute Gasteiger partial charge is 0.486 e. The first kappa shape index (κ1) is 22.9. The molecule has 0 saturated carbocycles. The van der Waals surface area contributed by atoms with Gasteiger partial charge in [-0.3, -0.25) is 4.79 Å². The van der Waals surface area contributed by atoms with Gasteiger partial charge in [0.1, 0.15) is 12.4 Å². The predicted molar refractivity (Wildman–Crippen MR) is 126 cm³/mol. The van der Waals surface area contributed by atoms with Crippen LogP contribution >= 0.6 is 11.8 Å². The Kier molecular flexibility index (Phi) is 7.38. The molecule has 6 nitrogen and oxygen atoms in total. The number of rotatable bonds is 8. The highest BCUT2D eigenvalue weighted by atomic mass is 32.2. The van der Waals surface area contributed by atoms with Crippen LogP contribution in [0.5, 0.6) is 5.75 Å². The number of nitrogens with one attached hydrogen (secondary N) is 1. The Morgan fingerprint density at radius 3 is 2.35 bits per heavy atom. The molecule has 0 saturated heterocycles. The first-order valence-corrected chi connectivity index (χ1v) is 11.3. The second-order valence-electron chi connectivity index (χ2n) is 8.08. The first-order valence-electron chi connectivity index (χ1n) is 10.4. The van der Waals surface area contributed by atoms with Crippen molar-refractivity contribution in [3.8, 4) is 5.75 Å². The Labute approximate surface area is 188 Å². The van der Waals surface area contributed by atoms with E-state index in [1.54, 1.807) is 0 Å². The number of hydrogen-bond donors (Lipinski definition) is 1. The number of hydrogen-bond acceptors (Lipinski definition) is 5. The van der Waals surface area contributed by atoms with E-state index in [1.807, 2.05) is 37.6 Å². The monoisotopic (exact) mass is 438 g/mol. The molecule has 2 aromatic carbocycles. The zero-order valence-corrected chi connectivity index (χ0v) is 19.8. The van der Waals surface area contributed by atoms with Gasteiger partial charge in [0, 0.05) is 12.7 Å². The van der Waals surface area contributed by atoms with E-state index in [4.69, 9.17) is 4.74 Å². The van der Waals surface area contributed by atoms with Gasteiger partial charge in [0.05, 0.1) is 5.75 Å². The summed E-state index contributed by atoms with van der Waals surface area (Å²) in [6.07, 6.45) is 0. The van der Waals surface area contributed by atoms with E-state index in [-0.39, 0.29) is 11.7 Å². The van der Waals surface area contributed by atoms with Crippen molar-refractivity contribution in [1.29, 1.82) is 0 Å². The molecule has 31 heavy (non-hydrogen) atoms. The van der Waals surface area contributed by atoms with Crippen LogP contribution in [0.15, 0.2) is 41.6 Å². The Morgan fingerprint density at radius 2 is 1.74 bits per heavy atom. The lowest BCUT2D eigenvalue weighted by atomic mass is 10.0. The van der Waals surface area contributed by atoms with Crippen molar-refractivity contribution < 1.29 is 9.53 Å². The molecule has 1 heterocycles. The summed E-state index contributed by atoms with van der Waals surface area (Å²) in [5, 5.41) is 12.1. The molecule has 7 heteroatoms. The van der Waals surface area contributed by atoms with Crippen molar-refractivity contribution in [2.24, 2.45) is 7.05 Å². The molecule has 164 valence electrons. The van der Waals surface area contributed by atoms with Crippen LogP contribution in [0.3, 0.4) is 0 Å². The van der Waals surface area contributed by atoms with Gasteiger partial charge in [0.15, 0.2) is 11.0 Å². The lowest BCUT2D eigenvalue weighted by Gasteiger charge is -2.12. The molecule has 3 aromatic rings. The highest BCUT2D eigenvalue weighted by Gasteiger charge is 2.14. The van der Waals surface area contributed by atoms with Crippen LogP contribution in [-0.2, 0) is 18.4 Å². The van der Waals surface area contributed by atoms with E-state index < -0.39 is 0 Å². The van der Waals surface area contributed by atoms with Gasteiger partial charge in [0.25, 0.3) is 0 Å². The van der Waals surface area contributed by atoms with Crippen molar-refractivity contribution in [3.05, 3.63) is 64.5 Å². The highest BCUT2D eigenvalue weighted by molar-refractivity contribution is 7.99. The van der Waals surface area contributed by atoms with E-state index in [0.29, 0.717) is 23.5 Å². The Balaban J connectivity index is 1.55. The zero-order valence-electron chi connectivity index (χ0n) is 19.0. The summed E-state index contributed by atoms with van der Waals surface area (Å²) in [6, 6.07) is 12.2. The SMILES string of the molecule is Cc1cc(C)c(NC(=O)CSc2nnc(COc3ccc(C(C)C)cc3)n2C)c(C)c1. The number of amides is 1. The van der Waals surface area contributed by atoms with Gasteiger partial charge >= 0.3 is 0 Å². The van der Waals surface area contributed by atoms with Gasteiger partial charge in [-0.25, -0.2) is 0 Å². The maximum absolute atomic E-state index is 12.5. The second-order valence-corrected chi connectivity index (χ2v) is 9.02. The molecule has 0 bridgehead atoms. The summed E-state index contributed by atoms with van der Waals surface area (Å²) in [7, 11) is 1.88. The molecule has 1 amide bonds. The van der Waals surface area contributed by atoms with Gasteiger partial charge in [-0.1, -0.05) is 55.4 Å². The fraction of sp³-hybridized carbons (Fsp3) is 0.375.